The number of ether oxygens (including phenoxy) is 1. The molecule has 0 atom stereocenters. The number of nitrogens with zero attached hydrogens (tertiary/aromatic N) is 3. The van der Waals surface area contributed by atoms with Crippen molar-refractivity contribution in [3.8, 4) is 0 Å². The minimum atomic E-state index is -3.29. The molecule has 0 aromatic carbocycles. The number of hydrogen-bond donors (Lipinski definition) is 1. The molecule has 0 unspecified atom stereocenters. The molecular formula is C18H28N4O7S. The quantitative estimate of drug-likeness (QED) is 0.422. The third-order valence-electron chi connectivity index (χ3n) is 5.91. The van der Waals surface area contributed by atoms with E-state index in [-0.39, 0.29) is 45.1 Å². The van der Waals surface area contributed by atoms with Crippen molar-refractivity contribution >= 4 is 33.8 Å². The molecule has 0 radical (unpaired) electrons. The van der Waals surface area contributed by atoms with E-state index in [1.165, 1.54) is 9.21 Å². The summed E-state index contributed by atoms with van der Waals surface area (Å²) in [4.78, 5) is 51.5. The summed E-state index contributed by atoms with van der Waals surface area (Å²) in [7, 11) is -3.29. The van der Waals surface area contributed by atoms with Crippen molar-refractivity contribution in [3.63, 3.8) is 0 Å². The number of urea groups is 1. The lowest BCUT2D eigenvalue weighted by atomic mass is 9.82. The van der Waals surface area contributed by atoms with Gasteiger partial charge in [0.1, 0.15) is 5.54 Å². The Bertz CT molecular complexity index is 814. The Morgan fingerprint density at radius 2 is 1.70 bits per heavy atom. The molecule has 2 aliphatic heterocycles. The SMILES string of the molecule is CS(=O)(=O)N1CCN(C(=O)COC(=O)CCN2C(=O)NC3(CCCCC3)C2=O)CC1. The van der Waals surface area contributed by atoms with Crippen molar-refractivity contribution in [2.24, 2.45) is 0 Å². The Labute approximate surface area is 175 Å². The van der Waals surface area contributed by atoms with E-state index < -0.39 is 40.1 Å². The van der Waals surface area contributed by atoms with Gasteiger partial charge in [-0.15, -0.1) is 0 Å². The fraction of sp³-hybridized carbons (Fsp3) is 0.778. The lowest BCUT2D eigenvalue weighted by molar-refractivity contribution is -0.152. The van der Waals surface area contributed by atoms with Gasteiger partial charge < -0.3 is 15.0 Å². The van der Waals surface area contributed by atoms with Crippen molar-refractivity contribution in [2.75, 3.05) is 45.6 Å². The van der Waals surface area contributed by atoms with Crippen LogP contribution in [0.5, 0.6) is 0 Å². The number of hydrogen-bond acceptors (Lipinski definition) is 7. The van der Waals surface area contributed by atoms with Crippen LogP contribution in [0.4, 0.5) is 4.79 Å². The molecule has 0 bridgehead atoms. The van der Waals surface area contributed by atoms with E-state index in [1.807, 2.05) is 0 Å². The summed E-state index contributed by atoms with van der Waals surface area (Å²) >= 11 is 0. The predicted molar refractivity (Wildman–Crippen MR) is 105 cm³/mol. The number of imide groups is 1. The first-order chi connectivity index (χ1) is 14.1. The molecule has 12 heteroatoms. The highest BCUT2D eigenvalue weighted by molar-refractivity contribution is 7.88. The Morgan fingerprint density at radius 1 is 1.07 bits per heavy atom. The van der Waals surface area contributed by atoms with E-state index >= 15 is 0 Å². The maximum atomic E-state index is 12.7. The van der Waals surface area contributed by atoms with E-state index in [4.69, 9.17) is 4.74 Å². The van der Waals surface area contributed by atoms with Crippen LogP contribution in [0.2, 0.25) is 0 Å². The number of sulfonamides is 1. The molecule has 3 rings (SSSR count). The summed E-state index contributed by atoms with van der Waals surface area (Å²) in [6.45, 7) is 0.315. The Hall–Kier alpha value is -2.21. The zero-order chi connectivity index (χ0) is 21.9. The second-order valence-electron chi connectivity index (χ2n) is 7.98. The normalized spacial score (nSPS) is 22.3. The average molecular weight is 445 g/mol. The van der Waals surface area contributed by atoms with E-state index in [0.717, 1.165) is 30.4 Å². The van der Waals surface area contributed by atoms with Crippen LogP contribution in [-0.2, 0) is 29.1 Å². The number of rotatable bonds is 6. The molecule has 2 heterocycles. The molecule has 0 aromatic rings. The van der Waals surface area contributed by atoms with Crippen molar-refractivity contribution in [1.82, 2.24) is 19.4 Å². The van der Waals surface area contributed by atoms with Crippen LogP contribution in [0.1, 0.15) is 38.5 Å². The summed E-state index contributed by atoms with van der Waals surface area (Å²) in [5, 5.41) is 2.78. The molecule has 30 heavy (non-hydrogen) atoms. The van der Waals surface area contributed by atoms with Crippen LogP contribution in [0.25, 0.3) is 0 Å². The zero-order valence-electron chi connectivity index (χ0n) is 17.1. The molecule has 1 aliphatic carbocycles. The third kappa shape index (κ3) is 4.91. The van der Waals surface area contributed by atoms with Gasteiger partial charge in [0, 0.05) is 32.7 Å². The van der Waals surface area contributed by atoms with Crippen molar-refractivity contribution in [1.29, 1.82) is 0 Å². The van der Waals surface area contributed by atoms with Gasteiger partial charge in [0.25, 0.3) is 11.8 Å². The number of carbonyl (C=O) groups excluding carboxylic acids is 4. The van der Waals surface area contributed by atoms with Gasteiger partial charge in [0.2, 0.25) is 10.0 Å². The molecule has 4 amide bonds. The van der Waals surface area contributed by atoms with Crippen LogP contribution in [0.3, 0.4) is 0 Å². The lowest BCUT2D eigenvalue weighted by Crippen LogP contribution is -2.51. The number of carbonyl (C=O) groups is 4. The van der Waals surface area contributed by atoms with Gasteiger partial charge in [-0.1, -0.05) is 19.3 Å². The van der Waals surface area contributed by atoms with Gasteiger partial charge in [-0.2, -0.15) is 4.31 Å². The lowest BCUT2D eigenvalue weighted by Gasteiger charge is -2.33. The van der Waals surface area contributed by atoms with Gasteiger partial charge in [-0.3, -0.25) is 19.3 Å². The van der Waals surface area contributed by atoms with Gasteiger partial charge >= 0.3 is 12.0 Å². The minimum absolute atomic E-state index is 0.0908. The van der Waals surface area contributed by atoms with Gasteiger partial charge in [0.05, 0.1) is 12.7 Å². The highest BCUT2D eigenvalue weighted by Crippen LogP contribution is 2.33. The first-order valence-electron chi connectivity index (χ1n) is 10.1. The second-order valence-corrected chi connectivity index (χ2v) is 9.97. The fourth-order valence-electron chi connectivity index (χ4n) is 4.15. The summed E-state index contributed by atoms with van der Waals surface area (Å²) < 4.78 is 29.3. The van der Waals surface area contributed by atoms with E-state index in [1.54, 1.807) is 0 Å². The largest absolute Gasteiger partial charge is 0.456 e. The number of piperazine rings is 1. The average Bonchev–Trinajstić information content (AvgIpc) is 2.93. The minimum Gasteiger partial charge on any atom is -0.456 e. The molecule has 2 saturated heterocycles. The van der Waals surface area contributed by atoms with Crippen molar-refractivity contribution in [3.05, 3.63) is 0 Å². The van der Waals surface area contributed by atoms with Crippen molar-refractivity contribution in [2.45, 2.75) is 44.1 Å². The maximum Gasteiger partial charge on any atom is 0.325 e. The summed E-state index contributed by atoms with van der Waals surface area (Å²) in [5.41, 5.74) is -0.830. The van der Waals surface area contributed by atoms with Crippen molar-refractivity contribution < 1.29 is 32.3 Å². The molecule has 168 valence electrons. The standard InChI is InChI=1S/C18H28N4O7S/c1-30(27,28)21-11-9-20(10-12-21)14(23)13-29-15(24)5-8-22-16(25)18(19-17(22)26)6-3-2-4-7-18/h2-13H2,1H3,(H,19,26). The second kappa shape index (κ2) is 8.88. The van der Waals surface area contributed by atoms with Gasteiger partial charge in [-0.05, 0) is 12.8 Å². The first-order valence-corrected chi connectivity index (χ1v) is 12.0. The van der Waals surface area contributed by atoms with Crippen LogP contribution >= 0.6 is 0 Å². The fourth-order valence-corrected chi connectivity index (χ4v) is 4.98. The Morgan fingerprint density at radius 3 is 2.30 bits per heavy atom. The molecule has 3 aliphatic rings. The zero-order valence-corrected chi connectivity index (χ0v) is 17.9. The van der Waals surface area contributed by atoms with E-state index in [0.29, 0.717) is 12.8 Å². The Kier molecular flexibility index (Phi) is 6.65. The molecule has 0 aromatic heterocycles. The topological polar surface area (TPSA) is 133 Å². The third-order valence-corrected chi connectivity index (χ3v) is 7.21. The maximum absolute atomic E-state index is 12.7. The van der Waals surface area contributed by atoms with Gasteiger partial charge in [-0.25, -0.2) is 13.2 Å². The number of nitrogens with one attached hydrogen (secondary N) is 1. The molecule has 3 fully saturated rings. The summed E-state index contributed by atoms with van der Waals surface area (Å²) in [5.74, 6) is -1.38. The highest BCUT2D eigenvalue weighted by atomic mass is 32.2. The Balaban J connectivity index is 1.40. The number of esters is 1. The molecule has 11 nitrogen and oxygen atoms in total. The molecule has 1 spiro atoms. The predicted octanol–water partition coefficient (Wildman–Crippen LogP) is -0.722. The van der Waals surface area contributed by atoms with Crippen LogP contribution in [-0.4, -0.2) is 97.5 Å². The van der Waals surface area contributed by atoms with Crippen LogP contribution in [0.15, 0.2) is 0 Å². The van der Waals surface area contributed by atoms with E-state index in [9.17, 15) is 27.6 Å². The van der Waals surface area contributed by atoms with E-state index in [2.05, 4.69) is 5.32 Å². The van der Waals surface area contributed by atoms with Gasteiger partial charge in [0.15, 0.2) is 6.61 Å². The number of amides is 4. The molecule has 1 saturated carbocycles. The summed E-state index contributed by atoms with van der Waals surface area (Å²) in [6, 6.07) is -0.491. The smallest absolute Gasteiger partial charge is 0.325 e. The molecule has 1 N–H and O–H groups in total. The summed E-state index contributed by atoms with van der Waals surface area (Å²) in [6.07, 6.45) is 4.94. The van der Waals surface area contributed by atoms with Crippen LogP contribution < -0.4 is 5.32 Å². The highest BCUT2D eigenvalue weighted by Gasteiger charge is 2.51. The first kappa shape index (κ1) is 22.5. The monoisotopic (exact) mass is 444 g/mol. The van der Waals surface area contributed by atoms with Crippen LogP contribution in [0, 0.1) is 0 Å². The molecular weight excluding hydrogens is 416 g/mol.